The second kappa shape index (κ2) is 5.21. The van der Waals surface area contributed by atoms with Gasteiger partial charge >= 0.3 is 0 Å². The maximum absolute atomic E-state index is 12.9. The van der Waals surface area contributed by atoms with Crippen LogP contribution in [0.25, 0.3) is 0 Å². The van der Waals surface area contributed by atoms with Gasteiger partial charge in [-0.25, -0.2) is 4.39 Å². The average Bonchev–Trinajstić information content (AvgIpc) is 2.25. The molecule has 1 nitrogen and oxygen atoms in total. The van der Waals surface area contributed by atoms with E-state index in [1.807, 2.05) is 13.8 Å². The zero-order valence-corrected chi connectivity index (χ0v) is 12.0. The number of rotatable bonds is 4. The summed E-state index contributed by atoms with van der Waals surface area (Å²) in [5, 5.41) is 0. The van der Waals surface area contributed by atoms with Crippen LogP contribution in [0.1, 0.15) is 53.0 Å². The fourth-order valence-corrected chi connectivity index (χ4v) is 1.83. The highest BCUT2D eigenvalue weighted by molar-refractivity contribution is 5.89. The van der Waals surface area contributed by atoms with Crippen molar-refractivity contribution in [3.63, 3.8) is 0 Å². The van der Waals surface area contributed by atoms with Gasteiger partial charge in [0.05, 0.1) is 0 Å². The summed E-state index contributed by atoms with van der Waals surface area (Å²) in [4.78, 5) is 12.3. The Morgan fingerprint density at radius 3 is 2.00 bits per heavy atom. The van der Waals surface area contributed by atoms with E-state index in [1.54, 1.807) is 12.1 Å². The van der Waals surface area contributed by atoms with Gasteiger partial charge in [-0.2, -0.15) is 0 Å². The number of hydrogen-bond acceptors (Lipinski definition) is 1. The van der Waals surface area contributed by atoms with Crippen LogP contribution < -0.4 is 0 Å². The Balaban J connectivity index is 2.79. The Morgan fingerprint density at radius 2 is 1.56 bits per heavy atom. The number of ketones is 1. The second-order valence-electron chi connectivity index (χ2n) is 6.62. The van der Waals surface area contributed by atoms with Crippen LogP contribution in [-0.4, -0.2) is 5.78 Å². The summed E-state index contributed by atoms with van der Waals surface area (Å²) in [6.07, 6.45) is 1.43. The lowest BCUT2D eigenvalue weighted by molar-refractivity contribution is -0.124. The summed E-state index contributed by atoms with van der Waals surface area (Å²) in [5.41, 5.74) is 0.496. The van der Waals surface area contributed by atoms with Crippen LogP contribution in [0.4, 0.5) is 4.39 Å². The Labute approximate surface area is 109 Å². The lowest BCUT2D eigenvalue weighted by Gasteiger charge is -2.26. The highest BCUT2D eigenvalue weighted by Gasteiger charge is 2.29. The summed E-state index contributed by atoms with van der Waals surface area (Å²) >= 11 is 0. The summed E-state index contributed by atoms with van der Waals surface area (Å²) < 4.78 is 12.9. The summed E-state index contributed by atoms with van der Waals surface area (Å²) in [7, 11) is 0. The summed E-state index contributed by atoms with van der Waals surface area (Å²) in [5.74, 6) is -0.0549. The molecule has 0 amide bonds. The van der Waals surface area contributed by atoms with Gasteiger partial charge in [0.15, 0.2) is 0 Å². The molecule has 18 heavy (non-hydrogen) atoms. The van der Waals surface area contributed by atoms with Crippen molar-refractivity contribution in [2.45, 2.75) is 52.9 Å². The van der Waals surface area contributed by atoms with E-state index < -0.39 is 5.41 Å². The number of carbonyl (C=O) groups is 1. The van der Waals surface area contributed by atoms with Gasteiger partial charge in [0, 0.05) is 11.8 Å². The molecule has 1 aromatic carbocycles. The van der Waals surface area contributed by atoms with Crippen molar-refractivity contribution in [2.75, 3.05) is 0 Å². The first-order valence-corrected chi connectivity index (χ1v) is 6.42. The first-order chi connectivity index (χ1) is 8.13. The van der Waals surface area contributed by atoms with Gasteiger partial charge < -0.3 is 0 Å². The van der Waals surface area contributed by atoms with E-state index >= 15 is 0 Å². The van der Waals surface area contributed by atoms with E-state index in [9.17, 15) is 9.18 Å². The van der Waals surface area contributed by atoms with E-state index in [4.69, 9.17) is 0 Å². The number of halogens is 1. The molecule has 0 spiro atoms. The third kappa shape index (κ3) is 3.94. The van der Waals surface area contributed by atoms with E-state index in [0.717, 1.165) is 12.0 Å². The molecule has 0 saturated carbocycles. The zero-order chi connectivity index (χ0) is 14.0. The van der Waals surface area contributed by atoms with Gasteiger partial charge in [-0.05, 0) is 43.4 Å². The molecule has 0 bridgehead atoms. The molecule has 0 heterocycles. The van der Waals surface area contributed by atoms with E-state index in [0.29, 0.717) is 6.42 Å². The lowest BCUT2D eigenvalue weighted by Crippen LogP contribution is -2.29. The molecule has 0 fully saturated rings. The van der Waals surface area contributed by atoms with Crippen molar-refractivity contribution in [1.82, 2.24) is 0 Å². The SMILES string of the molecule is CC(C)(C)CCC(=O)C(C)(C)c1ccc(F)cc1. The molecule has 1 rings (SSSR count). The molecule has 0 radical (unpaired) electrons. The van der Waals surface area contributed by atoms with Gasteiger partial charge in [0.2, 0.25) is 0 Å². The fraction of sp³-hybridized carbons (Fsp3) is 0.562. The van der Waals surface area contributed by atoms with E-state index in [2.05, 4.69) is 20.8 Å². The van der Waals surface area contributed by atoms with Crippen molar-refractivity contribution < 1.29 is 9.18 Å². The maximum Gasteiger partial charge on any atom is 0.142 e. The minimum Gasteiger partial charge on any atom is -0.299 e. The van der Waals surface area contributed by atoms with Gasteiger partial charge in [-0.15, -0.1) is 0 Å². The third-order valence-corrected chi connectivity index (χ3v) is 3.37. The molecule has 0 N–H and O–H groups in total. The molecule has 0 atom stereocenters. The topological polar surface area (TPSA) is 17.1 Å². The monoisotopic (exact) mass is 250 g/mol. The van der Waals surface area contributed by atoms with Crippen LogP contribution in [-0.2, 0) is 10.2 Å². The first-order valence-electron chi connectivity index (χ1n) is 6.42. The normalized spacial score (nSPS) is 12.6. The minimum absolute atomic E-state index is 0.161. The molecule has 0 saturated heterocycles. The second-order valence-corrected chi connectivity index (χ2v) is 6.62. The van der Waals surface area contributed by atoms with Crippen molar-refractivity contribution in [2.24, 2.45) is 5.41 Å². The fourth-order valence-electron chi connectivity index (χ4n) is 1.83. The Kier molecular flexibility index (Phi) is 4.31. The van der Waals surface area contributed by atoms with Crippen LogP contribution in [0.15, 0.2) is 24.3 Å². The molecule has 0 aromatic heterocycles. The largest absolute Gasteiger partial charge is 0.299 e. The van der Waals surface area contributed by atoms with Crippen molar-refractivity contribution in [3.05, 3.63) is 35.6 Å². The van der Waals surface area contributed by atoms with E-state index in [-0.39, 0.29) is 17.0 Å². The highest BCUT2D eigenvalue weighted by Crippen LogP contribution is 2.29. The van der Waals surface area contributed by atoms with E-state index in [1.165, 1.54) is 12.1 Å². The van der Waals surface area contributed by atoms with Gasteiger partial charge in [0.25, 0.3) is 0 Å². The quantitative estimate of drug-likeness (QED) is 0.769. The summed E-state index contributed by atoms with van der Waals surface area (Å²) in [6.45, 7) is 10.2. The van der Waals surface area contributed by atoms with Crippen LogP contribution in [0.3, 0.4) is 0 Å². The van der Waals surface area contributed by atoms with Gasteiger partial charge in [-0.3, -0.25) is 4.79 Å². The molecule has 0 aliphatic heterocycles. The Morgan fingerprint density at radius 1 is 1.06 bits per heavy atom. The van der Waals surface area contributed by atoms with Crippen molar-refractivity contribution in [1.29, 1.82) is 0 Å². The zero-order valence-electron chi connectivity index (χ0n) is 12.0. The highest BCUT2D eigenvalue weighted by atomic mass is 19.1. The molecule has 2 heteroatoms. The molecular weight excluding hydrogens is 227 g/mol. The average molecular weight is 250 g/mol. The maximum atomic E-state index is 12.9. The summed E-state index contributed by atoms with van der Waals surface area (Å²) in [6, 6.07) is 6.22. The Hall–Kier alpha value is -1.18. The van der Waals surface area contributed by atoms with Crippen LogP contribution >= 0.6 is 0 Å². The molecule has 100 valence electrons. The van der Waals surface area contributed by atoms with Gasteiger partial charge in [0.1, 0.15) is 11.6 Å². The number of hydrogen-bond donors (Lipinski definition) is 0. The van der Waals surface area contributed by atoms with Crippen LogP contribution in [0.5, 0.6) is 0 Å². The molecule has 0 aliphatic carbocycles. The number of benzene rings is 1. The Bertz CT molecular complexity index is 410. The van der Waals surface area contributed by atoms with Crippen LogP contribution in [0.2, 0.25) is 0 Å². The third-order valence-electron chi connectivity index (χ3n) is 3.37. The predicted octanol–water partition coefficient (Wildman–Crippen LogP) is 4.50. The predicted molar refractivity (Wildman–Crippen MR) is 73.1 cm³/mol. The number of carbonyl (C=O) groups excluding carboxylic acids is 1. The standard InChI is InChI=1S/C16H23FO/c1-15(2,3)11-10-14(18)16(4,5)12-6-8-13(17)9-7-12/h6-9H,10-11H2,1-5H3. The molecule has 1 aromatic rings. The smallest absolute Gasteiger partial charge is 0.142 e. The molecule has 0 unspecified atom stereocenters. The number of Topliss-reactive ketones (excluding diaryl/α,β-unsaturated/α-hetero) is 1. The first kappa shape index (κ1) is 14.9. The van der Waals surface area contributed by atoms with Crippen molar-refractivity contribution >= 4 is 5.78 Å². The molecule has 0 aliphatic rings. The molecular formula is C16H23FO. The van der Waals surface area contributed by atoms with Crippen molar-refractivity contribution in [3.8, 4) is 0 Å². The minimum atomic E-state index is -0.543. The van der Waals surface area contributed by atoms with Gasteiger partial charge in [-0.1, -0.05) is 32.9 Å². The lowest BCUT2D eigenvalue weighted by atomic mass is 9.77. The van der Waals surface area contributed by atoms with Crippen LogP contribution in [0, 0.1) is 11.2 Å².